The summed E-state index contributed by atoms with van der Waals surface area (Å²) in [6.45, 7) is -0.157. The zero-order valence-corrected chi connectivity index (χ0v) is 21.4. The van der Waals surface area contributed by atoms with Crippen LogP contribution in [-0.2, 0) is 34.8 Å². The zero-order chi connectivity index (χ0) is 30.2. The molecule has 1 aliphatic heterocycles. The third-order valence-electron chi connectivity index (χ3n) is 5.75. The molecule has 220 valence electrons. The summed E-state index contributed by atoms with van der Waals surface area (Å²) in [5, 5.41) is 0.287. The summed E-state index contributed by atoms with van der Waals surface area (Å²) in [5.74, 6) is -3.49. The van der Waals surface area contributed by atoms with Crippen molar-refractivity contribution in [3.8, 4) is 0 Å². The van der Waals surface area contributed by atoms with Gasteiger partial charge in [0.15, 0.2) is 11.0 Å². The second-order valence-electron chi connectivity index (χ2n) is 8.39. The van der Waals surface area contributed by atoms with Gasteiger partial charge in [-0.15, -0.1) is 0 Å². The van der Waals surface area contributed by atoms with Crippen LogP contribution in [0.1, 0.15) is 22.5 Å². The first-order chi connectivity index (χ1) is 19.1. The Balaban J connectivity index is 1.80. The SMILES string of the molecule is CSc1nc2c(c(N(OC(=O)C(F)(F)F)c3ccc(C(F)(F)F)nc3)n1)CCN(c1ncccc1C(F)(F)F)CC2. The van der Waals surface area contributed by atoms with Gasteiger partial charge in [-0.05, 0) is 36.9 Å². The van der Waals surface area contributed by atoms with Gasteiger partial charge in [0.2, 0.25) is 0 Å². The molecule has 0 spiro atoms. The van der Waals surface area contributed by atoms with E-state index < -0.39 is 47.3 Å². The number of fused-ring (bicyclic) bond motifs is 1. The quantitative estimate of drug-likeness (QED) is 0.154. The third kappa shape index (κ3) is 6.74. The van der Waals surface area contributed by atoms with Gasteiger partial charge in [0.1, 0.15) is 17.2 Å². The lowest BCUT2D eigenvalue weighted by molar-refractivity contribution is -0.199. The number of carbonyl (C=O) groups excluding carboxylic acids is 1. The highest BCUT2D eigenvalue weighted by Crippen LogP contribution is 2.38. The number of nitrogens with zero attached hydrogens (tertiary/aromatic N) is 6. The van der Waals surface area contributed by atoms with Gasteiger partial charge in [0.25, 0.3) is 0 Å². The van der Waals surface area contributed by atoms with Crippen molar-refractivity contribution in [3.63, 3.8) is 0 Å². The van der Waals surface area contributed by atoms with E-state index in [0.717, 1.165) is 30.0 Å². The van der Waals surface area contributed by atoms with Crippen LogP contribution in [0.3, 0.4) is 0 Å². The number of anilines is 3. The second-order valence-corrected chi connectivity index (χ2v) is 9.16. The molecule has 4 heterocycles. The molecule has 1 aliphatic rings. The van der Waals surface area contributed by atoms with Gasteiger partial charge >= 0.3 is 24.5 Å². The number of halogens is 9. The molecule has 0 N–H and O–H groups in total. The van der Waals surface area contributed by atoms with Crippen molar-refractivity contribution in [1.82, 2.24) is 19.9 Å². The number of hydrogen-bond donors (Lipinski definition) is 0. The molecule has 0 amide bonds. The molecule has 0 atom stereocenters. The van der Waals surface area contributed by atoms with Gasteiger partial charge in [-0.2, -0.15) is 44.6 Å². The van der Waals surface area contributed by atoms with Gasteiger partial charge < -0.3 is 9.74 Å². The normalized spacial score (nSPS) is 14.3. The fraction of sp³-hybridized carbons (Fsp3) is 0.348. The Morgan fingerprint density at radius 3 is 2.24 bits per heavy atom. The van der Waals surface area contributed by atoms with Crippen molar-refractivity contribution in [2.24, 2.45) is 0 Å². The fourth-order valence-electron chi connectivity index (χ4n) is 3.93. The predicted molar refractivity (Wildman–Crippen MR) is 126 cm³/mol. The molecule has 3 aromatic heterocycles. The average molecular weight is 612 g/mol. The lowest BCUT2D eigenvalue weighted by Crippen LogP contribution is -2.34. The molecule has 18 heteroatoms. The van der Waals surface area contributed by atoms with Crippen molar-refractivity contribution in [2.45, 2.75) is 36.5 Å². The molecule has 0 saturated carbocycles. The summed E-state index contributed by atoms with van der Waals surface area (Å²) in [7, 11) is 0. The minimum Gasteiger partial charge on any atom is -0.355 e. The van der Waals surface area contributed by atoms with E-state index in [1.807, 2.05) is 0 Å². The first-order valence-electron chi connectivity index (χ1n) is 11.4. The molecule has 0 saturated heterocycles. The Morgan fingerprint density at radius 2 is 1.66 bits per heavy atom. The fourth-order valence-corrected chi connectivity index (χ4v) is 4.30. The van der Waals surface area contributed by atoms with E-state index >= 15 is 0 Å². The Hall–Kier alpha value is -3.83. The van der Waals surface area contributed by atoms with E-state index in [-0.39, 0.29) is 48.2 Å². The number of hydrogen-bond acceptors (Lipinski definition) is 9. The summed E-state index contributed by atoms with van der Waals surface area (Å²) in [4.78, 5) is 33.3. The minimum atomic E-state index is -5.49. The maximum absolute atomic E-state index is 13.6. The zero-order valence-electron chi connectivity index (χ0n) is 20.6. The van der Waals surface area contributed by atoms with Crippen molar-refractivity contribution in [3.05, 3.63) is 59.2 Å². The summed E-state index contributed by atoms with van der Waals surface area (Å²) in [6, 6.07) is 3.19. The van der Waals surface area contributed by atoms with Crippen LogP contribution in [0.15, 0.2) is 41.8 Å². The molecule has 0 bridgehead atoms. The van der Waals surface area contributed by atoms with Crippen LogP contribution in [0.25, 0.3) is 0 Å². The number of alkyl halides is 9. The highest BCUT2D eigenvalue weighted by Gasteiger charge is 2.44. The number of pyridine rings is 2. The van der Waals surface area contributed by atoms with Crippen LogP contribution in [0.4, 0.5) is 56.8 Å². The molecule has 0 aromatic carbocycles. The van der Waals surface area contributed by atoms with Gasteiger partial charge in [0.05, 0.1) is 17.5 Å². The van der Waals surface area contributed by atoms with E-state index in [2.05, 4.69) is 24.8 Å². The van der Waals surface area contributed by atoms with Crippen LogP contribution in [0.2, 0.25) is 0 Å². The molecule has 41 heavy (non-hydrogen) atoms. The highest BCUT2D eigenvalue weighted by molar-refractivity contribution is 7.98. The topological polar surface area (TPSA) is 84.3 Å². The number of rotatable bonds is 5. The van der Waals surface area contributed by atoms with Gasteiger partial charge in [-0.3, -0.25) is 0 Å². The van der Waals surface area contributed by atoms with E-state index in [0.29, 0.717) is 17.3 Å². The maximum Gasteiger partial charge on any atom is 0.493 e. The Bertz CT molecular complexity index is 1410. The summed E-state index contributed by atoms with van der Waals surface area (Å²) in [5.41, 5.74) is -2.54. The number of thioether (sulfide) groups is 1. The molecule has 4 rings (SSSR count). The summed E-state index contributed by atoms with van der Waals surface area (Å²) >= 11 is 0.958. The molecule has 0 fully saturated rings. The molecule has 8 nitrogen and oxygen atoms in total. The summed E-state index contributed by atoms with van der Waals surface area (Å²) in [6.07, 6.45) is -12.0. The van der Waals surface area contributed by atoms with E-state index in [1.165, 1.54) is 17.4 Å². The number of carbonyl (C=O) groups is 1. The van der Waals surface area contributed by atoms with E-state index in [1.54, 1.807) is 0 Å². The first-order valence-corrected chi connectivity index (χ1v) is 12.7. The molecule has 3 aromatic rings. The van der Waals surface area contributed by atoms with Gasteiger partial charge in [-0.25, -0.2) is 24.7 Å². The Kier molecular flexibility index (Phi) is 8.24. The lowest BCUT2D eigenvalue weighted by Gasteiger charge is -2.26. The largest absolute Gasteiger partial charge is 0.493 e. The van der Waals surface area contributed by atoms with E-state index in [4.69, 9.17) is 0 Å². The summed E-state index contributed by atoms with van der Waals surface area (Å²) < 4.78 is 120. The monoisotopic (exact) mass is 612 g/mol. The van der Waals surface area contributed by atoms with Crippen LogP contribution in [0.5, 0.6) is 0 Å². The number of aromatic nitrogens is 4. The third-order valence-corrected chi connectivity index (χ3v) is 6.29. The Labute approximate surface area is 229 Å². The molecular weight excluding hydrogens is 595 g/mol. The minimum absolute atomic E-state index is 0.00561. The van der Waals surface area contributed by atoms with Crippen LogP contribution >= 0.6 is 11.8 Å². The lowest BCUT2D eigenvalue weighted by atomic mass is 10.1. The van der Waals surface area contributed by atoms with Gasteiger partial charge in [0, 0.05) is 31.3 Å². The molecule has 0 aliphatic carbocycles. The molecular formula is C23H17F9N6O2S. The van der Waals surface area contributed by atoms with Crippen molar-refractivity contribution in [2.75, 3.05) is 29.3 Å². The first kappa shape index (κ1) is 30.1. The van der Waals surface area contributed by atoms with Crippen molar-refractivity contribution < 1.29 is 49.1 Å². The van der Waals surface area contributed by atoms with Crippen molar-refractivity contribution >= 4 is 35.1 Å². The standard InChI is InChI=1S/C23H17F9N6O2S/c1-41-20-35-15-7-10-37(18-14(21(24,25)26)3-2-8-33-18)9-6-13(15)17(36-20)38(40-19(39)23(30,31)32)12-4-5-16(34-11-12)22(27,28)29/h2-5,8,11H,6-7,9-10H2,1H3. The van der Waals surface area contributed by atoms with E-state index in [9.17, 15) is 44.3 Å². The van der Waals surface area contributed by atoms with Crippen LogP contribution in [-0.4, -0.2) is 51.4 Å². The highest BCUT2D eigenvalue weighted by atomic mass is 32.2. The van der Waals surface area contributed by atoms with Gasteiger partial charge in [-0.1, -0.05) is 11.8 Å². The maximum atomic E-state index is 13.6. The molecule has 0 unspecified atom stereocenters. The average Bonchev–Trinajstić information content (AvgIpc) is 3.12. The predicted octanol–water partition coefficient (Wildman–Crippen LogP) is 5.79. The Morgan fingerprint density at radius 1 is 0.951 bits per heavy atom. The van der Waals surface area contributed by atoms with Crippen LogP contribution in [0, 0.1) is 0 Å². The molecule has 0 radical (unpaired) electrons. The van der Waals surface area contributed by atoms with Crippen molar-refractivity contribution in [1.29, 1.82) is 0 Å². The second kappa shape index (κ2) is 11.2. The smallest absolute Gasteiger partial charge is 0.355 e. The van der Waals surface area contributed by atoms with Crippen LogP contribution < -0.4 is 9.96 Å².